The summed E-state index contributed by atoms with van der Waals surface area (Å²) >= 11 is 0. The fourth-order valence-corrected chi connectivity index (χ4v) is 1.71. The van der Waals surface area contributed by atoms with Crippen LogP contribution in [-0.4, -0.2) is 17.7 Å². The number of Topliss-reactive ketones (excluding diaryl/α,β-unsaturated/α-hetero) is 1. The van der Waals surface area contributed by atoms with E-state index in [4.69, 9.17) is 5.73 Å². The van der Waals surface area contributed by atoms with E-state index in [0.717, 1.165) is 6.07 Å². The van der Waals surface area contributed by atoms with Crippen LogP contribution in [0.25, 0.3) is 0 Å². The van der Waals surface area contributed by atoms with Crippen LogP contribution in [0.3, 0.4) is 0 Å². The van der Waals surface area contributed by atoms with Gasteiger partial charge in [0.05, 0.1) is 11.1 Å². The molecule has 106 valence electrons. The predicted octanol–water partition coefficient (Wildman–Crippen LogP) is 3.29. The Balaban J connectivity index is 3.17. The van der Waals surface area contributed by atoms with Crippen LogP contribution in [0.15, 0.2) is 24.3 Å². The van der Waals surface area contributed by atoms with Gasteiger partial charge in [0.25, 0.3) is 0 Å². The molecule has 1 aromatic rings. The predicted molar refractivity (Wildman–Crippen MR) is 65.0 cm³/mol. The van der Waals surface area contributed by atoms with Gasteiger partial charge >= 0.3 is 6.36 Å². The number of alkyl halides is 3. The molecular formula is C13H16F3NO2. The van der Waals surface area contributed by atoms with E-state index >= 15 is 0 Å². The highest BCUT2D eigenvalue weighted by Gasteiger charge is 2.36. The van der Waals surface area contributed by atoms with Crippen LogP contribution in [0.1, 0.15) is 37.0 Å². The quantitative estimate of drug-likeness (QED) is 0.839. The normalized spacial score (nSPS) is 12.3. The summed E-state index contributed by atoms with van der Waals surface area (Å²) in [5.74, 6) is -1.06. The van der Waals surface area contributed by atoms with Crippen LogP contribution in [0, 0.1) is 0 Å². The van der Waals surface area contributed by atoms with Gasteiger partial charge in [0.2, 0.25) is 0 Å². The molecule has 0 atom stereocenters. The van der Waals surface area contributed by atoms with Gasteiger partial charge in [-0.2, -0.15) is 0 Å². The topological polar surface area (TPSA) is 52.3 Å². The first-order chi connectivity index (χ1) is 8.73. The standard InChI is InChI=1S/C13H16F3NO2/c1-3-12(17,4-2)11(18)9-7-5-6-8-10(9)19-13(14,15)16/h5-8H,3-4,17H2,1-2H3. The number of para-hydroxylation sites is 1. The zero-order valence-corrected chi connectivity index (χ0v) is 10.8. The molecule has 0 saturated carbocycles. The number of nitrogens with two attached hydrogens (primary N) is 1. The van der Waals surface area contributed by atoms with Crippen LogP contribution in [-0.2, 0) is 0 Å². The van der Waals surface area contributed by atoms with Crippen molar-refractivity contribution in [2.75, 3.05) is 0 Å². The Morgan fingerprint density at radius 3 is 2.21 bits per heavy atom. The largest absolute Gasteiger partial charge is 0.573 e. The van der Waals surface area contributed by atoms with E-state index in [2.05, 4.69) is 4.74 Å². The minimum atomic E-state index is -4.84. The first-order valence-electron chi connectivity index (χ1n) is 5.92. The Bertz CT molecular complexity index is 453. The number of carbonyl (C=O) groups is 1. The molecule has 0 amide bonds. The van der Waals surface area contributed by atoms with Crippen LogP contribution >= 0.6 is 0 Å². The molecule has 0 aliphatic carbocycles. The van der Waals surface area contributed by atoms with Crippen molar-refractivity contribution in [2.45, 2.75) is 38.6 Å². The summed E-state index contributed by atoms with van der Waals surface area (Å²) in [5, 5.41) is 0. The van der Waals surface area contributed by atoms with Crippen LogP contribution in [0.4, 0.5) is 13.2 Å². The van der Waals surface area contributed by atoms with Crippen molar-refractivity contribution >= 4 is 5.78 Å². The van der Waals surface area contributed by atoms with Crippen molar-refractivity contribution in [3.05, 3.63) is 29.8 Å². The second kappa shape index (κ2) is 5.61. The molecule has 0 aliphatic rings. The van der Waals surface area contributed by atoms with E-state index in [1.807, 2.05) is 0 Å². The number of halogens is 3. The minimum absolute atomic E-state index is 0.147. The van der Waals surface area contributed by atoms with Crippen molar-refractivity contribution in [1.82, 2.24) is 0 Å². The Hall–Kier alpha value is -1.56. The van der Waals surface area contributed by atoms with E-state index in [1.165, 1.54) is 18.2 Å². The number of carbonyl (C=O) groups excluding carboxylic acids is 1. The molecule has 0 spiro atoms. The number of ether oxygens (including phenoxy) is 1. The number of hydrogen-bond acceptors (Lipinski definition) is 3. The molecule has 19 heavy (non-hydrogen) atoms. The Kier molecular flexibility index (Phi) is 4.57. The van der Waals surface area contributed by atoms with E-state index in [0.29, 0.717) is 12.8 Å². The maximum Gasteiger partial charge on any atom is 0.573 e. The molecule has 1 aromatic carbocycles. The van der Waals surface area contributed by atoms with Crippen LogP contribution in [0.5, 0.6) is 5.75 Å². The number of benzene rings is 1. The maximum atomic E-state index is 12.3. The van der Waals surface area contributed by atoms with Crippen molar-refractivity contribution in [1.29, 1.82) is 0 Å². The van der Waals surface area contributed by atoms with Crippen molar-refractivity contribution in [2.24, 2.45) is 5.73 Å². The molecule has 0 aliphatic heterocycles. The Morgan fingerprint density at radius 2 is 1.74 bits per heavy atom. The van der Waals surface area contributed by atoms with Crippen molar-refractivity contribution in [3.8, 4) is 5.75 Å². The van der Waals surface area contributed by atoms with Crippen LogP contribution < -0.4 is 10.5 Å². The van der Waals surface area contributed by atoms with Crippen molar-refractivity contribution < 1.29 is 22.7 Å². The molecule has 3 nitrogen and oxygen atoms in total. The molecule has 6 heteroatoms. The highest BCUT2D eigenvalue weighted by molar-refractivity contribution is 6.05. The van der Waals surface area contributed by atoms with Gasteiger partial charge in [0.1, 0.15) is 5.75 Å². The number of hydrogen-bond donors (Lipinski definition) is 1. The highest BCUT2D eigenvalue weighted by Crippen LogP contribution is 2.29. The van der Waals surface area contributed by atoms with E-state index in [1.54, 1.807) is 13.8 Å². The fraction of sp³-hybridized carbons (Fsp3) is 0.462. The first kappa shape index (κ1) is 15.5. The second-order valence-corrected chi connectivity index (χ2v) is 4.24. The van der Waals surface area contributed by atoms with Gasteiger partial charge in [-0.15, -0.1) is 13.2 Å². The maximum absolute atomic E-state index is 12.3. The zero-order chi connectivity index (χ0) is 14.7. The van der Waals surface area contributed by atoms with Gasteiger partial charge in [0, 0.05) is 0 Å². The summed E-state index contributed by atoms with van der Waals surface area (Å²) < 4.78 is 40.7. The Labute approximate surface area is 109 Å². The molecule has 0 bridgehead atoms. The molecule has 2 N–H and O–H groups in total. The molecule has 0 unspecified atom stereocenters. The SMILES string of the molecule is CCC(N)(CC)C(=O)c1ccccc1OC(F)(F)F. The third-order valence-electron chi connectivity index (χ3n) is 3.07. The summed E-state index contributed by atoms with van der Waals surface area (Å²) in [7, 11) is 0. The van der Waals surface area contributed by atoms with Gasteiger partial charge < -0.3 is 10.5 Å². The minimum Gasteiger partial charge on any atom is -0.405 e. The average molecular weight is 275 g/mol. The lowest BCUT2D eigenvalue weighted by Crippen LogP contribution is -2.47. The molecule has 0 heterocycles. The van der Waals surface area contributed by atoms with Gasteiger partial charge in [-0.05, 0) is 25.0 Å². The fourth-order valence-electron chi connectivity index (χ4n) is 1.71. The van der Waals surface area contributed by atoms with Gasteiger partial charge in [-0.1, -0.05) is 26.0 Å². The average Bonchev–Trinajstić information content (AvgIpc) is 2.36. The molecule has 0 aromatic heterocycles. The molecule has 0 radical (unpaired) electrons. The lowest BCUT2D eigenvalue weighted by atomic mass is 9.85. The summed E-state index contributed by atoms with van der Waals surface area (Å²) in [5.41, 5.74) is 4.60. The van der Waals surface area contributed by atoms with E-state index < -0.39 is 23.4 Å². The second-order valence-electron chi connectivity index (χ2n) is 4.24. The van der Waals surface area contributed by atoms with Crippen LogP contribution in [0.2, 0.25) is 0 Å². The van der Waals surface area contributed by atoms with E-state index in [-0.39, 0.29) is 5.56 Å². The molecular weight excluding hydrogens is 259 g/mol. The molecule has 0 fully saturated rings. The third-order valence-corrected chi connectivity index (χ3v) is 3.07. The number of ketones is 1. The monoisotopic (exact) mass is 275 g/mol. The van der Waals surface area contributed by atoms with Gasteiger partial charge in [-0.25, -0.2) is 0 Å². The van der Waals surface area contributed by atoms with Gasteiger partial charge in [-0.3, -0.25) is 4.79 Å². The molecule has 0 saturated heterocycles. The van der Waals surface area contributed by atoms with Gasteiger partial charge in [0.15, 0.2) is 5.78 Å². The smallest absolute Gasteiger partial charge is 0.405 e. The lowest BCUT2D eigenvalue weighted by molar-refractivity contribution is -0.274. The Morgan fingerprint density at radius 1 is 1.21 bits per heavy atom. The zero-order valence-electron chi connectivity index (χ0n) is 10.8. The summed E-state index contributed by atoms with van der Waals surface area (Å²) in [6, 6.07) is 5.24. The number of rotatable bonds is 5. The molecule has 1 rings (SSSR count). The lowest BCUT2D eigenvalue weighted by Gasteiger charge is -2.26. The van der Waals surface area contributed by atoms with Crippen molar-refractivity contribution in [3.63, 3.8) is 0 Å². The first-order valence-corrected chi connectivity index (χ1v) is 5.92. The summed E-state index contributed by atoms with van der Waals surface area (Å²) in [4.78, 5) is 12.3. The van der Waals surface area contributed by atoms with E-state index in [9.17, 15) is 18.0 Å². The third kappa shape index (κ3) is 3.70. The summed E-state index contributed by atoms with van der Waals surface area (Å²) in [6.45, 7) is 3.43. The summed E-state index contributed by atoms with van der Waals surface area (Å²) in [6.07, 6.45) is -4.17. The highest BCUT2D eigenvalue weighted by atomic mass is 19.4.